The van der Waals surface area contributed by atoms with E-state index in [9.17, 15) is 0 Å². The van der Waals surface area contributed by atoms with Gasteiger partial charge in [0.15, 0.2) is 11.5 Å². The molecule has 0 fully saturated rings. The van der Waals surface area contributed by atoms with Crippen LogP contribution in [0.2, 0.25) is 0 Å². The van der Waals surface area contributed by atoms with Gasteiger partial charge in [0, 0.05) is 6.54 Å². The van der Waals surface area contributed by atoms with E-state index in [1.54, 1.807) is 0 Å². The van der Waals surface area contributed by atoms with Crippen LogP contribution < -0.4 is 14.8 Å². The second-order valence-electron chi connectivity index (χ2n) is 4.65. The van der Waals surface area contributed by atoms with Crippen LogP contribution in [0.1, 0.15) is 45.6 Å². The van der Waals surface area contributed by atoms with Crippen molar-refractivity contribution in [3.8, 4) is 11.5 Å². The fraction of sp³-hybridized carbons (Fsp3) is 0.625. The molecule has 1 rings (SSSR count). The van der Waals surface area contributed by atoms with Crippen molar-refractivity contribution in [2.75, 3.05) is 19.8 Å². The zero-order chi connectivity index (χ0) is 14.8. The quantitative estimate of drug-likeness (QED) is 0.583. The monoisotopic (exact) mass is 379 g/mol. The lowest BCUT2D eigenvalue weighted by molar-refractivity contribution is 0.286. The third-order valence-corrected chi connectivity index (χ3v) is 3.53. The summed E-state index contributed by atoms with van der Waals surface area (Å²) < 4.78 is 12.3. The number of halogens is 2. The molecule has 122 valence electrons. The normalized spacial score (nSPS) is 10.1. The van der Waals surface area contributed by atoms with Gasteiger partial charge in [0.25, 0.3) is 0 Å². The third kappa shape index (κ3) is 7.39. The van der Waals surface area contributed by atoms with Gasteiger partial charge in [-0.05, 0) is 60.4 Å². The van der Waals surface area contributed by atoms with Gasteiger partial charge < -0.3 is 14.8 Å². The van der Waals surface area contributed by atoms with E-state index in [0.717, 1.165) is 29.1 Å². The summed E-state index contributed by atoms with van der Waals surface area (Å²) in [6, 6.07) is 4.16. The molecule has 0 saturated carbocycles. The van der Waals surface area contributed by atoms with Crippen molar-refractivity contribution < 1.29 is 9.47 Å². The molecule has 0 radical (unpaired) electrons. The summed E-state index contributed by atoms with van der Waals surface area (Å²) in [5.41, 5.74) is 1.21. The number of unbranched alkanes of at least 4 members (excludes halogenated alkanes) is 2. The van der Waals surface area contributed by atoms with Crippen LogP contribution in [0.5, 0.6) is 11.5 Å². The van der Waals surface area contributed by atoms with Crippen molar-refractivity contribution in [1.29, 1.82) is 0 Å². The number of hydrogen-bond donors (Lipinski definition) is 1. The van der Waals surface area contributed by atoms with Gasteiger partial charge in [-0.2, -0.15) is 0 Å². The highest BCUT2D eigenvalue weighted by molar-refractivity contribution is 9.10. The SMILES string of the molecule is CCCCCNCc1cc(Br)c(OCC)c(OCC)c1.Cl. The van der Waals surface area contributed by atoms with E-state index in [2.05, 4.69) is 40.3 Å². The smallest absolute Gasteiger partial charge is 0.175 e. The Hall–Kier alpha value is -0.450. The van der Waals surface area contributed by atoms with E-state index in [1.807, 2.05) is 13.8 Å². The zero-order valence-corrected chi connectivity index (χ0v) is 15.6. The fourth-order valence-electron chi connectivity index (χ4n) is 2.00. The Balaban J connectivity index is 0.00000400. The van der Waals surface area contributed by atoms with Crippen molar-refractivity contribution in [2.45, 2.75) is 46.6 Å². The van der Waals surface area contributed by atoms with Crippen molar-refractivity contribution in [3.05, 3.63) is 22.2 Å². The summed E-state index contributed by atoms with van der Waals surface area (Å²) in [7, 11) is 0. The molecule has 0 aliphatic heterocycles. The molecule has 1 N–H and O–H groups in total. The minimum Gasteiger partial charge on any atom is -0.490 e. The summed E-state index contributed by atoms with van der Waals surface area (Å²) in [6.07, 6.45) is 3.77. The Morgan fingerprint density at radius 3 is 2.38 bits per heavy atom. The molecule has 0 atom stereocenters. The van der Waals surface area contributed by atoms with Crippen LogP contribution >= 0.6 is 28.3 Å². The Kier molecular flexibility index (Phi) is 11.9. The molecule has 0 heterocycles. The molecule has 21 heavy (non-hydrogen) atoms. The van der Waals surface area contributed by atoms with E-state index in [4.69, 9.17) is 9.47 Å². The molecule has 0 aliphatic rings. The highest BCUT2D eigenvalue weighted by atomic mass is 79.9. The van der Waals surface area contributed by atoms with Crippen LogP contribution in [-0.4, -0.2) is 19.8 Å². The predicted octanol–water partition coefficient (Wildman–Crippen LogP) is 4.95. The third-order valence-electron chi connectivity index (χ3n) is 2.94. The van der Waals surface area contributed by atoms with Crippen LogP contribution in [0.25, 0.3) is 0 Å². The molecule has 1 aromatic carbocycles. The number of rotatable bonds is 10. The van der Waals surface area contributed by atoms with Gasteiger partial charge in [-0.3, -0.25) is 0 Å². The lowest BCUT2D eigenvalue weighted by Gasteiger charge is -2.15. The molecule has 0 aliphatic carbocycles. The summed E-state index contributed by atoms with van der Waals surface area (Å²) >= 11 is 3.57. The number of benzene rings is 1. The van der Waals surface area contributed by atoms with E-state index in [-0.39, 0.29) is 12.4 Å². The minimum atomic E-state index is 0. The standard InChI is InChI=1S/C16H26BrNO2.ClH/c1-4-7-8-9-18-12-13-10-14(17)16(20-6-3)15(11-13)19-5-2;/h10-11,18H,4-9,12H2,1-3H3;1H. The predicted molar refractivity (Wildman–Crippen MR) is 95.0 cm³/mol. The first-order chi connectivity index (χ1) is 9.72. The first kappa shape index (κ1) is 20.6. The molecule has 3 nitrogen and oxygen atoms in total. The summed E-state index contributed by atoms with van der Waals surface area (Å²) in [4.78, 5) is 0. The number of nitrogens with one attached hydrogen (secondary N) is 1. The van der Waals surface area contributed by atoms with Crippen LogP contribution in [0.4, 0.5) is 0 Å². The molecular weight excluding hydrogens is 354 g/mol. The largest absolute Gasteiger partial charge is 0.490 e. The van der Waals surface area contributed by atoms with Crippen molar-refractivity contribution >= 4 is 28.3 Å². The first-order valence-corrected chi connectivity index (χ1v) is 8.30. The highest BCUT2D eigenvalue weighted by Crippen LogP contribution is 2.36. The van der Waals surface area contributed by atoms with E-state index in [1.165, 1.54) is 24.8 Å². The lowest BCUT2D eigenvalue weighted by Crippen LogP contribution is -2.14. The van der Waals surface area contributed by atoms with E-state index >= 15 is 0 Å². The molecule has 0 saturated heterocycles. The Bertz CT molecular complexity index is 402. The maximum absolute atomic E-state index is 5.67. The highest BCUT2D eigenvalue weighted by Gasteiger charge is 2.11. The fourth-order valence-corrected chi connectivity index (χ4v) is 2.61. The average molecular weight is 381 g/mol. The number of hydrogen-bond acceptors (Lipinski definition) is 3. The number of ether oxygens (including phenoxy) is 2. The first-order valence-electron chi connectivity index (χ1n) is 7.51. The van der Waals surface area contributed by atoms with Gasteiger partial charge in [0.05, 0.1) is 17.7 Å². The van der Waals surface area contributed by atoms with Crippen molar-refractivity contribution in [1.82, 2.24) is 5.32 Å². The molecular formula is C16H27BrClNO2. The van der Waals surface area contributed by atoms with Crippen LogP contribution in [0.15, 0.2) is 16.6 Å². The summed E-state index contributed by atoms with van der Waals surface area (Å²) in [6.45, 7) is 9.37. The Morgan fingerprint density at radius 1 is 1.05 bits per heavy atom. The lowest BCUT2D eigenvalue weighted by atomic mass is 10.2. The molecule has 0 aromatic heterocycles. The van der Waals surface area contributed by atoms with Gasteiger partial charge in [0.2, 0.25) is 0 Å². The molecule has 5 heteroatoms. The van der Waals surface area contributed by atoms with Gasteiger partial charge >= 0.3 is 0 Å². The van der Waals surface area contributed by atoms with E-state index in [0.29, 0.717) is 13.2 Å². The zero-order valence-electron chi connectivity index (χ0n) is 13.2. The maximum atomic E-state index is 5.67. The second kappa shape index (κ2) is 12.1. The average Bonchev–Trinajstić information content (AvgIpc) is 2.43. The second-order valence-corrected chi connectivity index (χ2v) is 5.51. The topological polar surface area (TPSA) is 30.5 Å². The van der Waals surface area contributed by atoms with Gasteiger partial charge in [-0.25, -0.2) is 0 Å². The van der Waals surface area contributed by atoms with Crippen LogP contribution in [0, 0.1) is 0 Å². The molecule has 0 unspecified atom stereocenters. The summed E-state index contributed by atoms with van der Waals surface area (Å²) in [5, 5.41) is 3.47. The molecule has 1 aromatic rings. The van der Waals surface area contributed by atoms with Gasteiger partial charge in [-0.1, -0.05) is 19.8 Å². The Labute approximate surface area is 143 Å². The van der Waals surface area contributed by atoms with Crippen molar-refractivity contribution in [2.24, 2.45) is 0 Å². The minimum absolute atomic E-state index is 0. The van der Waals surface area contributed by atoms with Gasteiger partial charge in [0.1, 0.15) is 0 Å². The van der Waals surface area contributed by atoms with Crippen LogP contribution in [0.3, 0.4) is 0 Å². The molecule has 0 spiro atoms. The van der Waals surface area contributed by atoms with Crippen molar-refractivity contribution in [3.63, 3.8) is 0 Å². The van der Waals surface area contributed by atoms with E-state index < -0.39 is 0 Å². The van der Waals surface area contributed by atoms with Gasteiger partial charge in [-0.15, -0.1) is 12.4 Å². The molecule has 0 amide bonds. The summed E-state index contributed by atoms with van der Waals surface area (Å²) in [5.74, 6) is 1.61. The maximum Gasteiger partial charge on any atom is 0.175 e. The Morgan fingerprint density at radius 2 is 1.76 bits per heavy atom. The molecule has 0 bridgehead atoms. The van der Waals surface area contributed by atoms with Crippen LogP contribution in [-0.2, 0) is 6.54 Å².